The van der Waals surface area contributed by atoms with Gasteiger partial charge in [0.1, 0.15) is 11.9 Å². The van der Waals surface area contributed by atoms with E-state index in [4.69, 9.17) is 10.5 Å². The molecule has 0 aliphatic heterocycles. The first kappa shape index (κ1) is 13.7. The third-order valence-corrected chi connectivity index (χ3v) is 4.84. The molecule has 110 valence electrons. The van der Waals surface area contributed by atoms with Crippen LogP contribution in [0.25, 0.3) is 0 Å². The van der Waals surface area contributed by atoms with Gasteiger partial charge in [-0.25, -0.2) is 0 Å². The summed E-state index contributed by atoms with van der Waals surface area (Å²) in [4.78, 5) is 0. The van der Waals surface area contributed by atoms with Gasteiger partial charge in [-0.2, -0.15) is 13.2 Å². The van der Waals surface area contributed by atoms with Crippen LogP contribution in [0.5, 0.6) is 5.75 Å². The maximum absolute atomic E-state index is 12.5. The quantitative estimate of drug-likeness (QED) is 0.898. The van der Waals surface area contributed by atoms with Crippen LogP contribution < -0.4 is 10.5 Å². The summed E-state index contributed by atoms with van der Waals surface area (Å²) in [5.41, 5.74) is 5.53. The van der Waals surface area contributed by atoms with Gasteiger partial charge in [-0.05, 0) is 37.1 Å². The molecule has 0 aromatic heterocycles. The predicted octanol–water partition coefficient (Wildman–Crippen LogP) is 3.74. The number of hydrogen-bond acceptors (Lipinski definition) is 2. The Morgan fingerprint density at radius 3 is 2.20 bits per heavy atom. The Labute approximate surface area is 116 Å². The summed E-state index contributed by atoms with van der Waals surface area (Å²) < 4.78 is 43.4. The summed E-state index contributed by atoms with van der Waals surface area (Å²) in [6.45, 7) is 0. The van der Waals surface area contributed by atoms with Crippen molar-refractivity contribution < 1.29 is 17.9 Å². The van der Waals surface area contributed by atoms with E-state index in [2.05, 4.69) is 0 Å². The van der Waals surface area contributed by atoms with Crippen LogP contribution in [-0.4, -0.2) is 12.1 Å². The minimum atomic E-state index is -4.30. The monoisotopic (exact) mass is 285 g/mol. The number of alkyl halides is 3. The highest BCUT2D eigenvalue weighted by molar-refractivity contribution is 5.29. The molecule has 0 bridgehead atoms. The molecule has 0 heterocycles. The van der Waals surface area contributed by atoms with Crippen molar-refractivity contribution in [3.63, 3.8) is 0 Å². The van der Waals surface area contributed by atoms with E-state index in [0.717, 1.165) is 31.4 Å². The van der Waals surface area contributed by atoms with E-state index in [1.54, 1.807) is 0 Å². The second-order valence-corrected chi connectivity index (χ2v) is 5.91. The summed E-state index contributed by atoms with van der Waals surface area (Å²) in [7, 11) is 0. The lowest BCUT2D eigenvalue weighted by Crippen LogP contribution is -2.62. The normalized spacial score (nSPS) is 28.4. The van der Waals surface area contributed by atoms with Gasteiger partial charge < -0.3 is 10.5 Å². The van der Waals surface area contributed by atoms with Crippen molar-refractivity contribution in [3.8, 4) is 5.75 Å². The number of benzene rings is 1. The number of rotatable bonds is 2. The second-order valence-electron chi connectivity index (χ2n) is 5.91. The van der Waals surface area contributed by atoms with E-state index in [1.807, 2.05) is 0 Å². The number of hydrogen-bond donors (Lipinski definition) is 1. The average molecular weight is 285 g/mol. The molecule has 0 saturated heterocycles. The molecule has 2 aliphatic rings. The number of ether oxygens (including phenoxy) is 1. The lowest BCUT2D eigenvalue weighted by atomic mass is 9.61. The summed E-state index contributed by atoms with van der Waals surface area (Å²) in [6.07, 6.45) is 1.02. The fourth-order valence-electron chi connectivity index (χ4n) is 3.56. The first-order valence-corrected chi connectivity index (χ1v) is 7.01. The van der Waals surface area contributed by atoms with E-state index in [9.17, 15) is 13.2 Å². The highest BCUT2D eigenvalue weighted by atomic mass is 19.4. The van der Waals surface area contributed by atoms with Crippen LogP contribution in [0.3, 0.4) is 0 Å². The van der Waals surface area contributed by atoms with Crippen molar-refractivity contribution in [3.05, 3.63) is 29.8 Å². The molecule has 1 aromatic carbocycles. The molecule has 1 spiro atoms. The summed E-state index contributed by atoms with van der Waals surface area (Å²) in [5.74, 6) is 0.501. The Kier molecular flexibility index (Phi) is 3.20. The van der Waals surface area contributed by atoms with Crippen molar-refractivity contribution in [1.29, 1.82) is 0 Å². The van der Waals surface area contributed by atoms with Gasteiger partial charge in [0, 0.05) is 17.9 Å². The molecule has 2 saturated carbocycles. The lowest BCUT2D eigenvalue weighted by Gasteiger charge is -2.52. The zero-order chi connectivity index (χ0) is 14.4. The smallest absolute Gasteiger partial charge is 0.416 e. The van der Waals surface area contributed by atoms with Gasteiger partial charge in [0.2, 0.25) is 0 Å². The minimum absolute atomic E-state index is 0.0525. The van der Waals surface area contributed by atoms with Crippen LogP contribution in [0.2, 0.25) is 0 Å². The van der Waals surface area contributed by atoms with Crippen LogP contribution in [0.4, 0.5) is 13.2 Å². The zero-order valence-electron chi connectivity index (χ0n) is 11.1. The minimum Gasteiger partial charge on any atom is -0.490 e. The Morgan fingerprint density at radius 1 is 1.10 bits per heavy atom. The Balaban J connectivity index is 1.70. The topological polar surface area (TPSA) is 35.2 Å². The first-order valence-electron chi connectivity index (χ1n) is 7.01. The van der Waals surface area contributed by atoms with Gasteiger partial charge in [0.15, 0.2) is 0 Å². The van der Waals surface area contributed by atoms with Crippen LogP contribution in [-0.2, 0) is 6.18 Å². The summed E-state index contributed by atoms with van der Waals surface area (Å²) in [6, 6.07) is 5.10. The van der Waals surface area contributed by atoms with E-state index in [0.29, 0.717) is 5.75 Å². The van der Waals surface area contributed by atoms with E-state index >= 15 is 0 Å². The van der Waals surface area contributed by atoms with Gasteiger partial charge in [0.05, 0.1) is 5.56 Å². The molecule has 2 fully saturated rings. The molecule has 0 amide bonds. The van der Waals surface area contributed by atoms with Crippen LogP contribution in [0, 0.1) is 5.41 Å². The average Bonchev–Trinajstić information content (AvgIpc) is 2.90. The van der Waals surface area contributed by atoms with Crippen LogP contribution in [0.1, 0.15) is 37.7 Å². The molecule has 2 aliphatic carbocycles. The molecule has 2 unspecified atom stereocenters. The second kappa shape index (κ2) is 4.65. The van der Waals surface area contributed by atoms with Crippen molar-refractivity contribution in [1.82, 2.24) is 0 Å². The first-order chi connectivity index (χ1) is 9.42. The number of halogens is 3. The third-order valence-electron chi connectivity index (χ3n) is 4.84. The number of nitrogens with two attached hydrogens (primary N) is 1. The molecule has 5 heteroatoms. The molecule has 1 aromatic rings. The van der Waals surface area contributed by atoms with Gasteiger partial charge in [-0.15, -0.1) is 0 Å². The van der Waals surface area contributed by atoms with Crippen LogP contribution in [0.15, 0.2) is 24.3 Å². The van der Waals surface area contributed by atoms with E-state index < -0.39 is 11.7 Å². The standard InChI is InChI=1S/C15H18F3NO/c16-15(17,18)10-3-5-11(6-4-10)20-13-9-12(19)14(13)7-1-2-8-14/h3-6,12-13H,1-2,7-9,19H2. The molecular formula is C15H18F3NO. The van der Waals surface area contributed by atoms with Gasteiger partial charge in [-0.3, -0.25) is 0 Å². The fourth-order valence-corrected chi connectivity index (χ4v) is 3.56. The molecule has 2 N–H and O–H groups in total. The lowest BCUT2D eigenvalue weighted by molar-refractivity contribution is -0.137. The molecule has 20 heavy (non-hydrogen) atoms. The van der Waals surface area contributed by atoms with Crippen molar-refractivity contribution >= 4 is 0 Å². The van der Waals surface area contributed by atoms with Crippen molar-refractivity contribution in [2.75, 3.05) is 0 Å². The van der Waals surface area contributed by atoms with Gasteiger partial charge in [-0.1, -0.05) is 12.8 Å². The summed E-state index contributed by atoms with van der Waals surface area (Å²) >= 11 is 0. The maximum Gasteiger partial charge on any atom is 0.416 e. The molecule has 2 nitrogen and oxygen atoms in total. The van der Waals surface area contributed by atoms with Gasteiger partial charge in [0.25, 0.3) is 0 Å². The molecule has 3 rings (SSSR count). The molecule has 2 atom stereocenters. The third kappa shape index (κ3) is 2.18. The predicted molar refractivity (Wildman–Crippen MR) is 69.4 cm³/mol. The Hall–Kier alpha value is -1.23. The molecule has 0 radical (unpaired) electrons. The fraction of sp³-hybridized carbons (Fsp3) is 0.600. The highest BCUT2D eigenvalue weighted by Gasteiger charge is 2.56. The Bertz CT molecular complexity index is 477. The highest BCUT2D eigenvalue weighted by Crippen LogP contribution is 2.53. The van der Waals surface area contributed by atoms with Crippen LogP contribution >= 0.6 is 0 Å². The largest absolute Gasteiger partial charge is 0.490 e. The van der Waals surface area contributed by atoms with Crippen molar-refractivity contribution in [2.45, 2.75) is 50.4 Å². The SMILES string of the molecule is NC1CC(Oc2ccc(C(F)(F)F)cc2)C12CCCC2. The maximum atomic E-state index is 12.5. The van der Waals surface area contributed by atoms with E-state index in [-0.39, 0.29) is 17.6 Å². The Morgan fingerprint density at radius 2 is 1.70 bits per heavy atom. The molecular weight excluding hydrogens is 267 g/mol. The van der Waals surface area contributed by atoms with Gasteiger partial charge >= 0.3 is 6.18 Å². The van der Waals surface area contributed by atoms with Crippen molar-refractivity contribution in [2.24, 2.45) is 11.1 Å². The van der Waals surface area contributed by atoms with E-state index in [1.165, 1.54) is 25.0 Å². The zero-order valence-corrected chi connectivity index (χ0v) is 11.1. The summed E-state index contributed by atoms with van der Waals surface area (Å²) in [5, 5.41) is 0.